The lowest BCUT2D eigenvalue weighted by Crippen LogP contribution is -2.39. The van der Waals surface area contributed by atoms with Gasteiger partial charge in [0.15, 0.2) is 0 Å². The van der Waals surface area contributed by atoms with Crippen LogP contribution < -0.4 is 9.73 Å². The molecule has 0 aliphatic rings. The maximum Gasteiger partial charge on any atom is 0.416 e. The highest BCUT2D eigenvalue weighted by atomic mass is 35.5. The molecule has 0 fully saturated rings. The van der Waals surface area contributed by atoms with E-state index in [9.17, 15) is 26.4 Å². The quantitative estimate of drug-likeness (QED) is 0.199. The third-order valence-corrected chi connectivity index (χ3v) is 8.14. The summed E-state index contributed by atoms with van der Waals surface area (Å²) in [6, 6.07) is 20.0. The molecule has 0 aliphatic heterocycles. The number of carbonyl (C=O) groups is 1. The minimum Gasteiger partial charge on any atom is -0.316 e. The first-order chi connectivity index (χ1) is 18.9. The Morgan fingerprint density at radius 3 is 2.35 bits per heavy atom. The van der Waals surface area contributed by atoms with Crippen molar-refractivity contribution in [3.8, 4) is 5.69 Å². The maximum atomic E-state index is 13.4. The van der Waals surface area contributed by atoms with Crippen LogP contribution >= 0.6 is 11.6 Å². The summed E-state index contributed by atoms with van der Waals surface area (Å²) in [7, 11) is -4.39. The Kier molecular flexibility index (Phi) is 8.36. The monoisotopic (exact) mass is 588 g/mol. The zero-order chi connectivity index (χ0) is 29.1. The molecule has 0 aliphatic carbocycles. The minimum atomic E-state index is -4.71. The molecule has 0 spiro atoms. The van der Waals surface area contributed by atoms with Crippen LogP contribution in [0.2, 0.25) is 5.02 Å². The van der Waals surface area contributed by atoms with Gasteiger partial charge in [0, 0.05) is 17.0 Å². The van der Waals surface area contributed by atoms with E-state index in [4.69, 9.17) is 11.6 Å². The van der Waals surface area contributed by atoms with E-state index in [0.29, 0.717) is 21.0 Å². The van der Waals surface area contributed by atoms with Gasteiger partial charge in [0.25, 0.3) is 15.9 Å². The molecular formula is C28H24ClF3N4O3S. The molecule has 208 valence electrons. The first-order valence-corrected chi connectivity index (χ1v) is 13.7. The zero-order valence-corrected chi connectivity index (χ0v) is 22.9. The molecule has 1 amide bonds. The SMILES string of the molecule is Cc1cc(/C=N/NC(=O)CN(c2cccc(C(F)(F)F)c2)S(=O)(=O)c2ccccc2)c(C)n1-c1ccccc1Cl. The molecular weight excluding hydrogens is 565 g/mol. The number of halogens is 4. The van der Waals surface area contributed by atoms with E-state index in [1.807, 2.05) is 42.7 Å². The highest BCUT2D eigenvalue weighted by Gasteiger charge is 2.33. The van der Waals surface area contributed by atoms with Crippen molar-refractivity contribution in [1.29, 1.82) is 0 Å². The highest BCUT2D eigenvalue weighted by Crippen LogP contribution is 2.33. The van der Waals surface area contributed by atoms with Crippen LogP contribution in [0.15, 0.2) is 94.9 Å². The third-order valence-electron chi connectivity index (χ3n) is 6.04. The summed E-state index contributed by atoms with van der Waals surface area (Å²) < 4.78 is 69.4. The van der Waals surface area contributed by atoms with Gasteiger partial charge < -0.3 is 4.57 Å². The van der Waals surface area contributed by atoms with Gasteiger partial charge in [-0.3, -0.25) is 9.10 Å². The number of hydrogen-bond acceptors (Lipinski definition) is 4. The van der Waals surface area contributed by atoms with Gasteiger partial charge in [-0.2, -0.15) is 18.3 Å². The molecule has 0 saturated heterocycles. The van der Waals surface area contributed by atoms with Gasteiger partial charge in [-0.1, -0.05) is 48.0 Å². The fourth-order valence-electron chi connectivity index (χ4n) is 4.13. The van der Waals surface area contributed by atoms with E-state index in [-0.39, 0.29) is 10.6 Å². The Balaban J connectivity index is 1.60. The second-order valence-corrected chi connectivity index (χ2v) is 11.0. The van der Waals surface area contributed by atoms with Crippen LogP contribution in [0.3, 0.4) is 0 Å². The molecule has 0 atom stereocenters. The number of rotatable bonds is 8. The number of alkyl halides is 3. The van der Waals surface area contributed by atoms with Crippen molar-refractivity contribution < 1.29 is 26.4 Å². The Morgan fingerprint density at radius 1 is 1.00 bits per heavy atom. The summed E-state index contributed by atoms with van der Waals surface area (Å²) in [4.78, 5) is 12.6. The molecule has 3 aromatic carbocycles. The normalized spacial score (nSPS) is 12.1. The van der Waals surface area contributed by atoms with Crippen LogP contribution in [0.25, 0.3) is 5.69 Å². The minimum absolute atomic E-state index is 0.185. The van der Waals surface area contributed by atoms with Crippen molar-refractivity contribution in [3.05, 3.63) is 112 Å². The average Bonchev–Trinajstić information content (AvgIpc) is 3.20. The highest BCUT2D eigenvalue weighted by molar-refractivity contribution is 7.92. The number of anilines is 1. The second-order valence-electron chi connectivity index (χ2n) is 8.78. The number of nitrogens with zero attached hydrogens (tertiary/aromatic N) is 3. The van der Waals surface area contributed by atoms with Gasteiger partial charge in [0.05, 0.1) is 33.1 Å². The number of sulfonamides is 1. The lowest BCUT2D eigenvalue weighted by atomic mass is 10.2. The van der Waals surface area contributed by atoms with Crippen molar-refractivity contribution in [2.75, 3.05) is 10.8 Å². The Morgan fingerprint density at radius 2 is 1.68 bits per heavy atom. The van der Waals surface area contributed by atoms with Gasteiger partial charge in [-0.15, -0.1) is 0 Å². The van der Waals surface area contributed by atoms with Gasteiger partial charge in [0.2, 0.25) is 0 Å². The average molecular weight is 589 g/mol. The topological polar surface area (TPSA) is 83.8 Å². The van der Waals surface area contributed by atoms with Crippen LogP contribution in [0, 0.1) is 13.8 Å². The van der Waals surface area contributed by atoms with E-state index >= 15 is 0 Å². The van der Waals surface area contributed by atoms with E-state index in [2.05, 4.69) is 10.5 Å². The number of benzene rings is 3. The standard InChI is InChI=1S/C28H24ClF3N4O3S/c1-19-15-21(20(2)36(19)26-14-7-6-13-25(26)29)17-33-34-27(37)18-35(40(38,39)24-11-4-3-5-12-24)23-10-8-9-22(16-23)28(30,31)32/h3-17H,18H2,1-2H3,(H,34,37)/b33-17+. The van der Waals surface area contributed by atoms with E-state index in [0.717, 1.165) is 29.2 Å². The lowest BCUT2D eigenvalue weighted by molar-refractivity contribution is -0.137. The number of hydrogen-bond donors (Lipinski definition) is 1. The number of aryl methyl sites for hydroxylation is 1. The molecule has 0 saturated carbocycles. The molecule has 0 bridgehead atoms. The van der Waals surface area contributed by atoms with E-state index < -0.39 is 34.2 Å². The Bertz CT molecular complexity index is 1670. The van der Waals surface area contributed by atoms with Crippen molar-refractivity contribution in [1.82, 2.24) is 9.99 Å². The van der Waals surface area contributed by atoms with E-state index in [1.165, 1.54) is 36.5 Å². The van der Waals surface area contributed by atoms with Crippen molar-refractivity contribution in [2.45, 2.75) is 24.9 Å². The molecule has 7 nitrogen and oxygen atoms in total. The van der Waals surface area contributed by atoms with E-state index in [1.54, 1.807) is 12.1 Å². The first-order valence-electron chi connectivity index (χ1n) is 11.9. The number of carbonyl (C=O) groups excluding carboxylic acids is 1. The van der Waals surface area contributed by atoms with Crippen LogP contribution in [0.4, 0.5) is 18.9 Å². The molecule has 1 heterocycles. The van der Waals surface area contributed by atoms with Crippen LogP contribution in [0.1, 0.15) is 22.5 Å². The largest absolute Gasteiger partial charge is 0.416 e. The lowest BCUT2D eigenvalue weighted by Gasteiger charge is -2.24. The van der Waals surface area contributed by atoms with Crippen molar-refractivity contribution >= 4 is 39.4 Å². The molecule has 1 aromatic heterocycles. The first kappa shape index (κ1) is 28.9. The molecule has 0 radical (unpaired) electrons. The predicted molar refractivity (Wildman–Crippen MR) is 148 cm³/mol. The number of aromatic nitrogens is 1. The van der Waals surface area contributed by atoms with Crippen LogP contribution in [-0.4, -0.2) is 31.7 Å². The Hall–Kier alpha value is -4.09. The van der Waals surface area contributed by atoms with Gasteiger partial charge in [-0.25, -0.2) is 13.8 Å². The summed E-state index contributed by atoms with van der Waals surface area (Å²) in [6.07, 6.45) is -3.31. The molecule has 40 heavy (non-hydrogen) atoms. The smallest absolute Gasteiger partial charge is 0.316 e. The van der Waals surface area contributed by atoms with Gasteiger partial charge in [-0.05, 0) is 62.4 Å². The fourth-order valence-corrected chi connectivity index (χ4v) is 5.79. The zero-order valence-electron chi connectivity index (χ0n) is 21.4. The summed E-state index contributed by atoms with van der Waals surface area (Å²) in [6.45, 7) is 2.92. The van der Waals surface area contributed by atoms with Crippen molar-refractivity contribution in [2.24, 2.45) is 5.10 Å². The predicted octanol–water partition coefficient (Wildman–Crippen LogP) is 6.11. The second kappa shape index (κ2) is 11.6. The summed E-state index contributed by atoms with van der Waals surface area (Å²) in [5.74, 6) is -0.854. The number of amides is 1. The number of para-hydroxylation sites is 1. The molecule has 4 aromatic rings. The van der Waals surface area contributed by atoms with Crippen LogP contribution in [0.5, 0.6) is 0 Å². The molecule has 0 unspecified atom stereocenters. The molecule has 12 heteroatoms. The number of nitrogens with one attached hydrogen (secondary N) is 1. The summed E-state index contributed by atoms with van der Waals surface area (Å²) in [5, 5.41) is 4.51. The molecule has 4 rings (SSSR count). The van der Waals surface area contributed by atoms with Crippen molar-refractivity contribution in [3.63, 3.8) is 0 Å². The van der Waals surface area contributed by atoms with Gasteiger partial charge >= 0.3 is 6.18 Å². The number of hydrazone groups is 1. The Labute approximate surface area is 234 Å². The third kappa shape index (κ3) is 6.21. The molecule has 1 N–H and O–H groups in total. The maximum absolute atomic E-state index is 13.4. The fraction of sp³-hybridized carbons (Fsp3) is 0.143. The van der Waals surface area contributed by atoms with Crippen LogP contribution in [-0.2, 0) is 21.0 Å². The summed E-state index contributed by atoms with van der Waals surface area (Å²) >= 11 is 6.34. The van der Waals surface area contributed by atoms with Gasteiger partial charge in [0.1, 0.15) is 6.54 Å². The summed E-state index contributed by atoms with van der Waals surface area (Å²) in [5.41, 5.74) is 4.00.